The fourth-order valence-electron chi connectivity index (χ4n) is 5.29. The molecule has 1 amide bonds. The summed E-state index contributed by atoms with van der Waals surface area (Å²) in [5.41, 5.74) is 1.67. The first-order valence-corrected chi connectivity index (χ1v) is 10.7. The number of ether oxygens (including phenoxy) is 2. The van der Waals surface area contributed by atoms with Crippen LogP contribution in [-0.4, -0.2) is 67.2 Å². The quantitative estimate of drug-likeness (QED) is 0.772. The van der Waals surface area contributed by atoms with Crippen molar-refractivity contribution in [2.45, 2.75) is 38.1 Å². The maximum absolute atomic E-state index is 13.3. The number of carbonyl (C=O) groups excluding carboxylic acids is 1. The van der Waals surface area contributed by atoms with Gasteiger partial charge in [0.15, 0.2) is 11.5 Å². The Hall–Kier alpha value is -2.21. The molecule has 0 spiro atoms. The van der Waals surface area contributed by atoms with Crippen molar-refractivity contribution in [1.82, 2.24) is 14.4 Å². The normalized spacial score (nSPS) is 22.3. The highest BCUT2D eigenvalue weighted by Crippen LogP contribution is 2.34. The summed E-state index contributed by atoms with van der Waals surface area (Å²) >= 11 is 0. The number of aromatic nitrogens is 1. The molecule has 0 N–H and O–H groups in total. The number of rotatable bonds is 5. The fraction of sp³-hybridized carbons (Fsp3) is 0.609. The van der Waals surface area contributed by atoms with Crippen LogP contribution in [-0.2, 0) is 7.05 Å². The predicted molar refractivity (Wildman–Crippen MR) is 115 cm³/mol. The maximum Gasteiger partial charge on any atom is 0.270 e. The standard InChI is InChI=1S/C23H33N3O3/c1-24(15-16-8-7-11-26-10-6-5-9-18(16)26)23(27)20-12-17-13-21(28-3)22(29-4)14-19(17)25(20)2/h12-14,16,18H,5-11,15H2,1-4H3. The van der Waals surface area contributed by atoms with Crippen LogP contribution in [0.25, 0.3) is 10.9 Å². The average Bonchev–Trinajstić information content (AvgIpc) is 3.07. The lowest BCUT2D eigenvalue weighted by Gasteiger charge is -2.45. The van der Waals surface area contributed by atoms with Crippen molar-refractivity contribution in [1.29, 1.82) is 0 Å². The number of amides is 1. The Kier molecular flexibility index (Phi) is 5.72. The van der Waals surface area contributed by atoms with Crippen LogP contribution in [0.1, 0.15) is 42.6 Å². The van der Waals surface area contributed by atoms with Gasteiger partial charge in [-0.2, -0.15) is 0 Å². The molecule has 2 atom stereocenters. The van der Waals surface area contributed by atoms with Gasteiger partial charge in [0.1, 0.15) is 5.69 Å². The molecule has 2 fully saturated rings. The summed E-state index contributed by atoms with van der Waals surface area (Å²) in [6.45, 7) is 3.28. The van der Waals surface area contributed by atoms with Crippen molar-refractivity contribution in [2.75, 3.05) is 40.9 Å². The molecule has 1 aromatic heterocycles. The van der Waals surface area contributed by atoms with Crippen LogP contribution >= 0.6 is 0 Å². The van der Waals surface area contributed by atoms with E-state index in [1.165, 1.54) is 45.2 Å². The molecule has 158 valence electrons. The highest BCUT2D eigenvalue weighted by atomic mass is 16.5. The molecule has 0 bridgehead atoms. The lowest BCUT2D eigenvalue weighted by molar-refractivity contribution is 0.0400. The molecule has 6 nitrogen and oxygen atoms in total. The molecule has 6 heteroatoms. The molecule has 29 heavy (non-hydrogen) atoms. The third-order valence-corrected chi connectivity index (χ3v) is 6.85. The Balaban J connectivity index is 1.55. The SMILES string of the molecule is COc1cc2cc(C(=O)N(C)CC3CCCN4CCCCC34)n(C)c2cc1OC. The lowest BCUT2D eigenvalue weighted by atomic mass is 9.83. The average molecular weight is 400 g/mol. The topological polar surface area (TPSA) is 46.9 Å². The van der Waals surface area contributed by atoms with E-state index in [2.05, 4.69) is 4.90 Å². The Morgan fingerprint density at radius 1 is 1.07 bits per heavy atom. The minimum absolute atomic E-state index is 0.0783. The third kappa shape index (κ3) is 3.70. The summed E-state index contributed by atoms with van der Waals surface area (Å²) < 4.78 is 12.8. The summed E-state index contributed by atoms with van der Waals surface area (Å²) in [6.07, 6.45) is 6.39. The second-order valence-electron chi connectivity index (χ2n) is 8.54. The van der Waals surface area contributed by atoms with Crippen molar-refractivity contribution >= 4 is 16.8 Å². The first-order chi connectivity index (χ1) is 14.0. The number of nitrogens with zero attached hydrogens (tertiary/aromatic N) is 3. The van der Waals surface area contributed by atoms with E-state index in [1.54, 1.807) is 14.2 Å². The van der Waals surface area contributed by atoms with Gasteiger partial charge >= 0.3 is 0 Å². The second-order valence-corrected chi connectivity index (χ2v) is 8.54. The van der Waals surface area contributed by atoms with E-state index in [4.69, 9.17) is 9.47 Å². The molecule has 0 radical (unpaired) electrons. The highest BCUT2D eigenvalue weighted by Gasteiger charge is 2.34. The number of hydrogen-bond donors (Lipinski definition) is 0. The summed E-state index contributed by atoms with van der Waals surface area (Å²) in [5, 5.41) is 0.984. The largest absolute Gasteiger partial charge is 0.493 e. The van der Waals surface area contributed by atoms with E-state index in [0.717, 1.165) is 17.4 Å². The number of hydrogen-bond acceptors (Lipinski definition) is 4. The molecule has 2 saturated heterocycles. The van der Waals surface area contributed by atoms with Crippen LogP contribution in [0.3, 0.4) is 0 Å². The molecule has 2 aliphatic rings. The van der Waals surface area contributed by atoms with Gasteiger partial charge in [0.25, 0.3) is 5.91 Å². The monoisotopic (exact) mass is 399 g/mol. The third-order valence-electron chi connectivity index (χ3n) is 6.85. The molecule has 2 aliphatic heterocycles. The summed E-state index contributed by atoms with van der Waals surface area (Å²) in [5.74, 6) is 2.01. The van der Waals surface area contributed by atoms with Gasteiger partial charge < -0.3 is 23.8 Å². The zero-order chi connectivity index (χ0) is 20.5. The Labute approximate surface area is 173 Å². The summed E-state index contributed by atoms with van der Waals surface area (Å²) in [7, 11) is 7.15. The van der Waals surface area contributed by atoms with Gasteiger partial charge in [-0.05, 0) is 56.8 Å². The second kappa shape index (κ2) is 8.27. The number of methoxy groups -OCH3 is 2. The van der Waals surface area contributed by atoms with Crippen molar-refractivity contribution in [3.63, 3.8) is 0 Å². The molecular weight excluding hydrogens is 366 g/mol. The minimum atomic E-state index is 0.0783. The summed E-state index contributed by atoms with van der Waals surface area (Å²) in [6, 6.07) is 6.48. The van der Waals surface area contributed by atoms with Crippen LogP contribution < -0.4 is 9.47 Å². The number of benzene rings is 1. The predicted octanol–water partition coefficient (Wildman–Crippen LogP) is 3.53. The molecule has 3 heterocycles. The van der Waals surface area contributed by atoms with Gasteiger partial charge in [0, 0.05) is 38.1 Å². The smallest absolute Gasteiger partial charge is 0.270 e. The Morgan fingerprint density at radius 2 is 1.79 bits per heavy atom. The highest BCUT2D eigenvalue weighted by molar-refractivity contribution is 5.99. The first-order valence-electron chi connectivity index (χ1n) is 10.7. The van der Waals surface area contributed by atoms with Crippen LogP contribution in [0.2, 0.25) is 0 Å². The van der Waals surface area contributed by atoms with E-state index in [-0.39, 0.29) is 5.91 Å². The van der Waals surface area contributed by atoms with E-state index in [0.29, 0.717) is 29.2 Å². The van der Waals surface area contributed by atoms with Crippen LogP contribution in [0.4, 0.5) is 0 Å². The maximum atomic E-state index is 13.3. The van der Waals surface area contributed by atoms with E-state index in [9.17, 15) is 4.79 Å². The first kappa shape index (κ1) is 20.1. The fourth-order valence-corrected chi connectivity index (χ4v) is 5.29. The number of piperidine rings is 2. The molecular formula is C23H33N3O3. The van der Waals surface area contributed by atoms with Crippen molar-refractivity contribution < 1.29 is 14.3 Å². The van der Waals surface area contributed by atoms with Gasteiger partial charge in [0.2, 0.25) is 0 Å². The molecule has 0 aliphatic carbocycles. The van der Waals surface area contributed by atoms with Crippen LogP contribution in [0.5, 0.6) is 11.5 Å². The van der Waals surface area contributed by atoms with Gasteiger partial charge in [-0.1, -0.05) is 6.42 Å². The van der Waals surface area contributed by atoms with Gasteiger partial charge in [-0.3, -0.25) is 4.79 Å². The van der Waals surface area contributed by atoms with Gasteiger partial charge in [-0.15, -0.1) is 0 Å². The molecule has 2 aromatic rings. The molecule has 1 aromatic carbocycles. The molecule has 0 saturated carbocycles. The van der Waals surface area contributed by atoms with E-state index < -0.39 is 0 Å². The number of carbonyl (C=O) groups is 1. The Morgan fingerprint density at radius 3 is 2.55 bits per heavy atom. The van der Waals surface area contributed by atoms with Crippen molar-refractivity contribution in [3.8, 4) is 11.5 Å². The Bertz CT molecular complexity index is 889. The van der Waals surface area contributed by atoms with Crippen LogP contribution in [0.15, 0.2) is 18.2 Å². The summed E-state index contributed by atoms with van der Waals surface area (Å²) in [4.78, 5) is 17.9. The van der Waals surface area contributed by atoms with Gasteiger partial charge in [-0.25, -0.2) is 0 Å². The number of aryl methyl sites for hydroxylation is 1. The van der Waals surface area contributed by atoms with E-state index in [1.807, 2.05) is 41.8 Å². The number of fused-ring (bicyclic) bond motifs is 2. The minimum Gasteiger partial charge on any atom is -0.493 e. The van der Waals surface area contributed by atoms with Crippen LogP contribution in [0, 0.1) is 5.92 Å². The lowest BCUT2D eigenvalue weighted by Crippen LogP contribution is -2.51. The van der Waals surface area contributed by atoms with E-state index >= 15 is 0 Å². The van der Waals surface area contributed by atoms with Crippen molar-refractivity contribution in [3.05, 3.63) is 23.9 Å². The molecule has 4 rings (SSSR count). The zero-order valence-corrected chi connectivity index (χ0v) is 18.1. The zero-order valence-electron chi connectivity index (χ0n) is 18.1. The molecule has 2 unspecified atom stereocenters. The van der Waals surface area contributed by atoms with Crippen molar-refractivity contribution in [2.24, 2.45) is 13.0 Å². The van der Waals surface area contributed by atoms with Gasteiger partial charge in [0.05, 0.1) is 19.7 Å².